The summed E-state index contributed by atoms with van der Waals surface area (Å²) in [6, 6.07) is 5.16. The number of halogens is 1. The van der Waals surface area contributed by atoms with Crippen LogP contribution < -0.4 is 5.32 Å². The maximum absolute atomic E-state index is 11.9. The molecule has 0 radical (unpaired) electrons. The van der Waals surface area contributed by atoms with Gasteiger partial charge in [-0.15, -0.1) is 0 Å². The Morgan fingerprint density at radius 3 is 2.55 bits per heavy atom. The third-order valence-corrected chi connectivity index (χ3v) is 3.32. The molecule has 0 saturated carbocycles. The van der Waals surface area contributed by atoms with Crippen LogP contribution in [0.5, 0.6) is 0 Å². The fourth-order valence-electron chi connectivity index (χ4n) is 1.96. The second kappa shape index (κ2) is 5.72. The van der Waals surface area contributed by atoms with Gasteiger partial charge in [-0.2, -0.15) is 5.10 Å². The Morgan fingerprint density at radius 2 is 2.00 bits per heavy atom. The van der Waals surface area contributed by atoms with E-state index in [-0.39, 0.29) is 11.7 Å². The van der Waals surface area contributed by atoms with Gasteiger partial charge in [0.2, 0.25) is 0 Å². The van der Waals surface area contributed by atoms with E-state index in [1.54, 1.807) is 16.8 Å². The fourth-order valence-corrected chi connectivity index (χ4v) is 2.26. The lowest BCUT2D eigenvalue weighted by Crippen LogP contribution is -2.12. The summed E-state index contributed by atoms with van der Waals surface area (Å²) >= 11 is 3.15. The van der Waals surface area contributed by atoms with Crippen molar-refractivity contribution >= 4 is 27.5 Å². The highest BCUT2D eigenvalue weighted by Gasteiger charge is 2.12. The van der Waals surface area contributed by atoms with Crippen molar-refractivity contribution in [1.29, 1.82) is 0 Å². The van der Waals surface area contributed by atoms with Gasteiger partial charge in [-0.05, 0) is 48.0 Å². The lowest BCUT2D eigenvalue weighted by atomic mass is 10.4. The maximum atomic E-state index is 11.9. The molecule has 1 N–H and O–H groups in total. The first-order valence-corrected chi connectivity index (χ1v) is 7.24. The molecule has 0 aliphatic carbocycles. The summed E-state index contributed by atoms with van der Waals surface area (Å²) in [6.07, 6.45) is 3.04. The molecule has 0 aliphatic rings. The number of furan rings is 1. The molecule has 0 atom stereocenters. The summed E-state index contributed by atoms with van der Waals surface area (Å²) in [7, 11) is 0. The average Bonchev–Trinajstić information content (AvgIpc) is 3.05. The van der Waals surface area contributed by atoms with Crippen LogP contribution in [0.15, 0.2) is 39.7 Å². The Labute approximate surface area is 134 Å². The molecule has 1 amide bonds. The first-order chi connectivity index (χ1) is 10.5. The molecule has 0 saturated heterocycles. The highest BCUT2D eigenvalue weighted by molar-refractivity contribution is 9.10. The maximum Gasteiger partial charge on any atom is 0.291 e. The van der Waals surface area contributed by atoms with Gasteiger partial charge in [-0.25, -0.2) is 14.6 Å². The van der Waals surface area contributed by atoms with E-state index in [1.165, 1.54) is 12.4 Å². The predicted octanol–water partition coefficient (Wildman–Crippen LogP) is 2.89. The summed E-state index contributed by atoms with van der Waals surface area (Å²) in [5, 5.41) is 6.97. The van der Waals surface area contributed by atoms with Crippen LogP contribution >= 0.6 is 15.9 Å². The van der Waals surface area contributed by atoms with Gasteiger partial charge in [0.25, 0.3) is 11.9 Å². The Kier molecular flexibility index (Phi) is 3.76. The van der Waals surface area contributed by atoms with E-state index in [0.29, 0.717) is 16.3 Å². The normalized spacial score (nSPS) is 10.7. The topological polar surface area (TPSA) is 85.8 Å². The summed E-state index contributed by atoms with van der Waals surface area (Å²) in [5.74, 6) is 0.284. The van der Waals surface area contributed by atoms with Crippen LogP contribution in [-0.4, -0.2) is 25.7 Å². The highest BCUT2D eigenvalue weighted by atomic mass is 79.9. The Bertz CT molecular complexity index is 822. The third kappa shape index (κ3) is 2.91. The van der Waals surface area contributed by atoms with E-state index >= 15 is 0 Å². The number of carbonyl (C=O) groups excluding carboxylic acids is 1. The van der Waals surface area contributed by atoms with Crippen molar-refractivity contribution in [2.75, 3.05) is 5.32 Å². The molecule has 8 heteroatoms. The lowest BCUT2D eigenvalue weighted by Gasteiger charge is -2.05. The number of amides is 1. The molecule has 3 aromatic heterocycles. The van der Waals surface area contributed by atoms with Gasteiger partial charge in [0.15, 0.2) is 10.4 Å². The van der Waals surface area contributed by atoms with Crippen molar-refractivity contribution in [2.45, 2.75) is 13.8 Å². The van der Waals surface area contributed by atoms with Crippen LogP contribution in [0, 0.1) is 13.8 Å². The Balaban J connectivity index is 1.77. The van der Waals surface area contributed by atoms with Crippen LogP contribution in [-0.2, 0) is 0 Å². The molecule has 0 bridgehead atoms. The molecule has 3 heterocycles. The average molecular weight is 362 g/mol. The van der Waals surface area contributed by atoms with Crippen molar-refractivity contribution in [3.05, 3.63) is 52.4 Å². The van der Waals surface area contributed by atoms with Crippen LogP contribution in [0.2, 0.25) is 0 Å². The number of anilines is 1. The minimum absolute atomic E-state index is 0.203. The molecule has 112 valence electrons. The molecule has 0 spiro atoms. The monoisotopic (exact) mass is 361 g/mol. The molecular formula is C14H12BrN5O2. The van der Waals surface area contributed by atoms with Gasteiger partial charge >= 0.3 is 0 Å². The zero-order valence-electron chi connectivity index (χ0n) is 11.9. The van der Waals surface area contributed by atoms with Crippen molar-refractivity contribution < 1.29 is 9.21 Å². The van der Waals surface area contributed by atoms with Gasteiger partial charge in [0.05, 0.1) is 23.8 Å². The van der Waals surface area contributed by atoms with Crippen molar-refractivity contribution in [2.24, 2.45) is 0 Å². The third-order valence-electron chi connectivity index (χ3n) is 2.89. The van der Waals surface area contributed by atoms with Crippen molar-refractivity contribution in [3.63, 3.8) is 0 Å². The Hall–Kier alpha value is -2.48. The second-order valence-electron chi connectivity index (χ2n) is 4.67. The van der Waals surface area contributed by atoms with E-state index in [1.807, 2.05) is 19.9 Å². The van der Waals surface area contributed by atoms with Crippen molar-refractivity contribution in [1.82, 2.24) is 19.7 Å². The zero-order chi connectivity index (χ0) is 15.7. The minimum Gasteiger partial charge on any atom is -0.444 e. The number of rotatable bonds is 3. The van der Waals surface area contributed by atoms with E-state index in [4.69, 9.17) is 4.42 Å². The zero-order valence-corrected chi connectivity index (χ0v) is 13.5. The summed E-state index contributed by atoms with van der Waals surface area (Å²) in [5.41, 5.74) is 2.31. The number of aryl methyl sites for hydroxylation is 2. The molecule has 3 rings (SSSR count). The quantitative estimate of drug-likeness (QED) is 0.774. The number of nitrogens with one attached hydrogen (secondary N) is 1. The summed E-state index contributed by atoms with van der Waals surface area (Å²) in [4.78, 5) is 20.4. The number of hydrogen-bond acceptors (Lipinski definition) is 5. The predicted molar refractivity (Wildman–Crippen MR) is 83.0 cm³/mol. The molecule has 0 unspecified atom stereocenters. The highest BCUT2D eigenvalue weighted by Crippen LogP contribution is 2.16. The summed E-state index contributed by atoms with van der Waals surface area (Å²) < 4.78 is 7.32. The van der Waals surface area contributed by atoms with Crippen LogP contribution in [0.4, 0.5) is 5.69 Å². The van der Waals surface area contributed by atoms with Gasteiger partial charge in [-0.3, -0.25) is 4.79 Å². The number of carbonyl (C=O) groups is 1. The van der Waals surface area contributed by atoms with E-state index in [0.717, 1.165) is 11.4 Å². The second-order valence-corrected chi connectivity index (χ2v) is 5.45. The molecule has 22 heavy (non-hydrogen) atoms. The lowest BCUT2D eigenvalue weighted by molar-refractivity contribution is 0.0995. The molecule has 0 aliphatic heterocycles. The van der Waals surface area contributed by atoms with E-state index < -0.39 is 0 Å². The number of hydrogen-bond donors (Lipinski definition) is 1. The minimum atomic E-state index is -0.367. The fraction of sp³-hybridized carbons (Fsp3) is 0.143. The van der Waals surface area contributed by atoms with Gasteiger partial charge in [0.1, 0.15) is 0 Å². The molecule has 0 aromatic carbocycles. The first kappa shape index (κ1) is 14.5. The van der Waals surface area contributed by atoms with Crippen molar-refractivity contribution in [3.8, 4) is 5.95 Å². The van der Waals surface area contributed by atoms with Crippen LogP contribution in [0.1, 0.15) is 21.9 Å². The molecule has 3 aromatic rings. The molecule has 0 fully saturated rings. The molecular weight excluding hydrogens is 350 g/mol. The van der Waals surface area contributed by atoms with E-state index in [9.17, 15) is 4.79 Å². The van der Waals surface area contributed by atoms with Gasteiger partial charge < -0.3 is 9.73 Å². The van der Waals surface area contributed by atoms with Crippen LogP contribution in [0.3, 0.4) is 0 Å². The number of nitrogens with zero attached hydrogens (tertiary/aromatic N) is 4. The number of aromatic nitrogens is 4. The van der Waals surface area contributed by atoms with Crippen LogP contribution in [0.25, 0.3) is 5.95 Å². The van der Waals surface area contributed by atoms with Gasteiger partial charge in [0, 0.05) is 5.69 Å². The van der Waals surface area contributed by atoms with E-state index in [2.05, 4.69) is 36.3 Å². The SMILES string of the molecule is Cc1cc(C)n(-c2ncc(NC(=O)c3ccc(Br)o3)cn2)n1. The molecule has 7 nitrogen and oxygen atoms in total. The Morgan fingerprint density at radius 1 is 1.27 bits per heavy atom. The largest absolute Gasteiger partial charge is 0.444 e. The smallest absolute Gasteiger partial charge is 0.291 e. The standard InChI is InChI=1S/C14H12BrN5O2/c1-8-5-9(2)20(19-8)14-16-6-10(7-17-14)18-13(21)11-3-4-12(15)22-11/h3-7H,1-2H3,(H,18,21). The van der Waals surface area contributed by atoms with Gasteiger partial charge in [-0.1, -0.05) is 0 Å². The first-order valence-electron chi connectivity index (χ1n) is 6.45. The summed E-state index contributed by atoms with van der Waals surface area (Å²) in [6.45, 7) is 3.83.